The van der Waals surface area contributed by atoms with Gasteiger partial charge in [0.15, 0.2) is 0 Å². The van der Waals surface area contributed by atoms with Gasteiger partial charge in [0.05, 0.1) is 16.7 Å². The Hall–Kier alpha value is -2.21. The van der Waals surface area contributed by atoms with E-state index in [4.69, 9.17) is 10.2 Å². The second-order valence-electron chi connectivity index (χ2n) is 4.26. The van der Waals surface area contributed by atoms with E-state index < -0.39 is 4.92 Å². The molecule has 100 valence electrons. The van der Waals surface area contributed by atoms with E-state index >= 15 is 0 Å². The van der Waals surface area contributed by atoms with Crippen molar-refractivity contribution in [2.75, 3.05) is 0 Å². The Bertz CT molecular complexity index is 563. The van der Waals surface area contributed by atoms with E-state index in [1.807, 2.05) is 6.92 Å². The summed E-state index contributed by atoms with van der Waals surface area (Å²) in [7, 11) is 0. The SMILES string of the molecule is CCc1coc(C(N)Cc2ccc([N+](=O)[O-])cc2)n1. The molecule has 0 bridgehead atoms. The van der Waals surface area contributed by atoms with Gasteiger partial charge >= 0.3 is 0 Å². The number of oxazole rings is 1. The van der Waals surface area contributed by atoms with Crippen LogP contribution in [-0.4, -0.2) is 9.91 Å². The lowest BCUT2D eigenvalue weighted by molar-refractivity contribution is -0.384. The van der Waals surface area contributed by atoms with Crippen molar-refractivity contribution < 1.29 is 9.34 Å². The molecular formula is C13H15N3O3. The van der Waals surface area contributed by atoms with Crippen molar-refractivity contribution >= 4 is 5.69 Å². The molecule has 6 heteroatoms. The molecule has 0 amide bonds. The fraction of sp³-hybridized carbons (Fsp3) is 0.308. The summed E-state index contributed by atoms with van der Waals surface area (Å²) in [5, 5.41) is 10.5. The third-order valence-electron chi connectivity index (χ3n) is 2.85. The molecule has 2 N–H and O–H groups in total. The quantitative estimate of drug-likeness (QED) is 0.658. The van der Waals surface area contributed by atoms with E-state index in [0.29, 0.717) is 12.3 Å². The molecule has 0 radical (unpaired) electrons. The van der Waals surface area contributed by atoms with Crippen molar-refractivity contribution in [1.82, 2.24) is 4.98 Å². The smallest absolute Gasteiger partial charge is 0.269 e. The molecule has 0 fully saturated rings. The van der Waals surface area contributed by atoms with E-state index in [0.717, 1.165) is 17.7 Å². The van der Waals surface area contributed by atoms with Gasteiger partial charge in [-0.1, -0.05) is 19.1 Å². The van der Waals surface area contributed by atoms with Crippen LogP contribution in [-0.2, 0) is 12.8 Å². The lowest BCUT2D eigenvalue weighted by Crippen LogP contribution is -2.13. The topological polar surface area (TPSA) is 95.2 Å². The lowest BCUT2D eigenvalue weighted by Gasteiger charge is -2.07. The summed E-state index contributed by atoms with van der Waals surface area (Å²) in [4.78, 5) is 14.4. The van der Waals surface area contributed by atoms with E-state index in [2.05, 4.69) is 4.98 Å². The standard InChI is InChI=1S/C13H15N3O3/c1-2-10-8-19-13(15-10)12(14)7-9-3-5-11(6-4-9)16(17)18/h3-6,8,12H,2,7,14H2,1H3. The molecule has 1 heterocycles. The second-order valence-corrected chi connectivity index (χ2v) is 4.26. The van der Waals surface area contributed by atoms with Crippen LogP contribution in [0, 0.1) is 10.1 Å². The number of aromatic nitrogens is 1. The Morgan fingerprint density at radius 1 is 1.42 bits per heavy atom. The average molecular weight is 261 g/mol. The zero-order valence-electron chi connectivity index (χ0n) is 10.6. The Kier molecular flexibility index (Phi) is 3.91. The Labute approximate surface area is 110 Å². The highest BCUT2D eigenvalue weighted by molar-refractivity contribution is 5.33. The maximum atomic E-state index is 10.5. The van der Waals surface area contributed by atoms with Gasteiger partial charge < -0.3 is 10.2 Å². The summed E-state index contributed by atoms with van der Waals surface area (Å²) in [5.41, 5.74) is 7.85. The van der Waals surface area contributed by atoms with Gasteiger partial charge in [0, 0.05) is 12.1 Å². The highest BCUT2D eigenvalue weighted by Crippen LogP contribution is 2.18. The molecule has 1 atom stereocenters. The molecule has 19 heavy (non-hydrogen) atoms. The monoisotopic (exact) mass is 261 g/mol. The highest BCUT2D eigenvalue weighted by Gasteiger charge is 2.14. The number of hydrogen-bond acceptors (Lipinski definition) is 5. The number of benzene rings is 1. The molecule has 1 aromatic heterocycles. The molecule has 0 spiro atoms. The third kappa shape index (κ3) is 3.17. The van der Waals surface area contributed by atoms with Crippen LogP contribution >= 0.6 is 0 Å². The molecule has 1 aromatic carbocycles. The predicted octanol–water partition coefficient (Wildman–Crippen LogP) is 2.39. The second kappa shape index (κ2) is 5.62. The van der Waals surface area contributed by atoms with Gasteiger partial charge in [0.1, 0.15) is 6.26 Å². The Balaban J connectivity index is 2.05. The first-order valence-corrected chi connectivity index (χ1v) is 6.03. The number of nitro benzene ring substituents is 1. The largest absolute Gasteiger partial charge is 0.447 e. The molecule has 0 aliphatic rings. The number of nitrogens with two attached hydrogens (primary N) is 1. The fourth-order valence-electron chi connectivity index (χ4n) is 1.75. The first-order valence-electron chi connectivity index (χ1n) is 6.03. The van der Waals surface area contributed by atoms with Crippen molar-refractivity contribution in [2.45, 2.75) is 25.8 Å². The maximum Gasteiger partial charge on any atom is 0.269 e. The van der Waals surface area contributed by atoms with Gasteiger partial charge in [-0.25, -0.2) is 4.98 Å². The Morgan fingerprint density at radius 3 is 2.63 bits per heavy atom. The van der Waals surface area contributed by atoms with Gasteiger partial charge in [-0.2, -0.15) is 0 Å². The molecule has 0 aliphatic heterocycles. The van der Waals surface area contributed by atoms with Crippen molar-refractivity contribution in [3.05, 3.63) is 57.8 Å². The van der Waals surface area contributed by atoms with E-state index in [1.54, 1.807) is 18.4 Å². The molecule has 2 rings (SSSR count). The van der Waals surface area contributed by atoms with E-state index in [9.17, 15) is 10.1 Å². The number of nitrogens with zero attached hydrogens (tertiary/aromatic N) is 2. The number of nitro groups is 1. The van der Waals surface area contributed by atoms with Gasteiger partial charge in [-0.05, 0) is 18.4 Å². The van der Waals surface area contributed by atoms with Crippen LogP contribution in [0.4, 0.5) is 5.69 Å². The van der Waals surface area contributed by atoms with Crippen molar-refractivity contribution in [2.24, 2.45) is 5.73 Å². The molecular weight excluding hydrogens is 246 g/mol. The lowest BCUT2D eigenvalue weighted by atomic mass is 10.1. The van der Waals surface area contributed by atoms with Crippen LogP contribution in [0.3, 0.4) is 0 Å². The van der Waals surface area contributed by atoms with Crippen LogP contribution in [0.25, 0.3) is 0 Å². The van der Waals surface area contributed by atoms with Crippen molar-refractivity contribution in [3.8, 4) is 0 Å². The number of aryl methyl sites for hydroxylation is 1. The zero-order chi connectivity index (χ0) is 13.8. The predicted molar refractivity (Wildman–Crippen MR) is 69.6 cm³/mol. The summed E-state index contributed by atoms with van der Waals surface area (Å²) in [6, 6.07) is 5.98. The summed E-state index contributed by atoms with van der Waals surface area (Å²) in [5.74, 6) is 0.496. The fourth-order valence-corrected chi connectivity index (χ4v) is 1.75. The first-order chi connectivity index (χ1) is 9.10. The number of hydrogen-bond donors (Lipinski definition) is 1. The molecule has 0 aliphatic carbocycles. The highest BCUT2D eigenvalue weighted by atomic mass is 16.6. The minimum atomic E-state index is -0.425. The van der Waals surface area contributed by atoms with Crippen molar-refractivity contribution in [1.29, 1.82) is 0 Å². The van der Waals surface area contributed by atoms with Gasteiger partial charge in [-0.15, -0.1) is 0 Å². The minimum absolute atomic E-state index is 0.0710. The molecule has 2 aromatic rings. The van der Waals surface area contributed by atoms with Crippen LogP contribution < -0.4 is 5.73 Å². The molecule has 1 unspecified atom stereocenters. The van der Waals surface area contributed by atoms with Crippen LogP contribution in [0.2, 0.25) is 0 Å². The van der Waals surface area contributed by atoms with Gasteiger partial charge in [0.25, 0.3) is 5.69 Å². The number of rotatable bonds is 5. The molecule has 6 nitrogen and oxygen atoms in total. The summed E-state index contributed by atoms with van der Waals surface area (Å²) >= 11 is 0. The van der Waals surface area contributed by atoms with Gasteiger partial charge in [0.2, 0.25) is 5.89 Å². The molecule has 0 saturated heterocycles. The molecule has 0 saturated carbocycles. The van der Waals surface area contributed by atoms with Crippen molar-refractivity contribution in [3.63, 3.8) is 0 Å². The van der Waals surface area contributed by atoms with E-state index in [1.165, 1.54) is 12.1 Å². The summed E-state index contributed by atoms with van der Waals surface area (Å²) in [6.45, 7) is 1.99. The Morgan fingerprint density at radius 2 is 2.11 bits per heavy atom. The summed E-state index contributed by atoms with van der Waals surface area (Å²) in [6.07, 6.45) is 2.93. The zero-order valence-corrected chi connectivity index (χ0v) is 10.6. The van der Waals surface area contributed by atoms with E-state index in [-0.39, 0.29) is 11.7 Å². The van der Waals surface area contributed by atoms with Gasteiger partial charge in [-0.3, -0.25) is 10.1 Å². The third-order valence-corrected chi connectivity index (χ3v) is 2.85. The van der Waals surface area contributed by atoms with Crippen LogP contribution in [0.1, 0.15) is 30.1 Å². The maximum absolute atomic E-state index is 10.5. The van der Waals surface area contributed by atoms with Crippen LogP contribution in [0.15, 0.2) is 34.9 Å². The summed E-state index contributed by atoms with van der Waals surface area (Å²) < 4.78 is 5.31. The minimum Gasteiger partial charge on any atom is -0.447 e. The number of non-ortho nitro benzene ring substituents is 1. The first kappa shape index (κ1) is 13.2. The van der Waals surface area contributed by atoms with Crippen LogP contribution in [0.5, 0.6) is 0 Å². The average Bonchev–Trinajstić information content (AvgIpc) is 2.88. The normalized spacial score (nSPS) is 12.3.